The fraction of sp³-hybridized carbons (Fsp3) is 0.286. The van der Waals surface area contributed by atoms with E-state index in [9.17, 15) is 4.21 Å². The fourth-order valence-electron chi connectivity index (χ4n) is 0.564. The van der Waals surface area contributed by atoms with Crippen LogP contribution >= 0.6 is 0 Å². The smallest absolute Gasteiger partial charge is 0.117 e. The highest BCUT2D eigenvalue weighted by Crippen LogP contribution is 2.06. The maximum atomic E-state index is 10.9. The third kappa shape index (κ3) is 2.67. The van der Waals surface area contributed by atoms with Gasteiger partial charge in [-0.25, -0.2) is 0 Å². The van der Waals surface area contributed by atoms with Gasteiger partial charge in [0.25, 0.3) is 0 Å². The molecular weight excluding hydrogens is 160 g/mol. The van der Waals surface area contributed by atoms with E-state index in [-0.39, 0.29) is 0 Å². The molecule has 3 nitrogen and oxygen atoms in total. The molecule has 0 aliphatic heterocycles. The summed E-state index contributed by atoms with van der Waals surface area (Å²) in [7, 11) is -1.45. The zero-order valence-corrected chi connectivity index (χ0v) is 7.08. The van der Waals surface area contributed by atoms with Gasteiger partial charge in [0.15, 0.2) is 0 Å². The molecule has 0 aliphatic carbocycles. The number of rotatable bonds is 2. The van der Waals surface area contributed by atoms with E-state index in [0.29, 0.717) is 11.4 Å². The molecule has 0 N–H and O–H groups in total. The molecule has 0 spiro atoms. The summed E-state index contributed by atoms with van der Waals surface area (Å²) in [5.41, 5.74) is 0.565. The Hall–Kier alpha value is -0.900. The van der Waals surface area contributed by atoms with Crippen molar-refractivity contribution in [1.29, 1.82) is 0 Å². The second-order valence-electron chi connectivity index (χ2n) is 1.90. The summed E-state index contributed by atoms with van der Waals surface area (Å²) in [4.78, 5) is 3.72. The van der Waals surface area contributed by atoms with Crippen LogP contribution in [0.3, 0.4) is 0 Å². The van der Waals surface area contributed by atoms with Gasteiger partial charge in [-0.3, -0.25) is 9.19 Å². The molecule has 11 heavy (non-hydrogen) atoms. The SMILES string of the molecule is CC/[SH](=O)=N/c1[c]nccc1. The molecule has 0 aromatic carbocycles. The zero-order valence-electron chi connectivity index (χ0n) is 6.19. The Kier molecular flexibility index (Phi) is 3.04. The Bertz CT molecular complexity index is 291. The van der Waals surface area contributed by atoms with Crippen molar-refractivity contribution in [2.75, 3.05) is 5.75 Å². The summed E-state index contributed by atoms with van der Waals surface area (Å²) >= 11 is 0. The average Bonchev–Trinajstić information content (AvgIpc) is 2.06. The Morgan fingerprint density at radius 3 is 3.18 bits per heavy atom. The molecule has 0 bridgehead atoms. The van der Waals surface area contributed by atoms with Crippen molar-refractivity contribution >= 4 is 16.3 Å². The van der Waals surface area contributed by atoms with Gasteiger partial charge in [-0.2, -0.15) is 4.36 Å². The van der Waals surface area contributed by atoms with Gasteiger partial charge in [-0.05, 0) is 12.1 Å². The lowest BCUT2D eigenvalue weighted by atomic mass is 10.4. The van der Waals surface area contributed by atoms with E-state index in [1.54, 1.807) is 18.3 Å². The minimum absolute atomic E-state index is 0.565. The number of hydrogen-bond acceptors (Lipinski definition) is 3. The van der Waals surface area contributed by atoms with Gasteiger partial charge in [-0.15, -0.1) is 0 Å². The molecule has 1 radical (unpaired) electrons. The first-order chi connectivity index (χ1) is 5.33. The van der Waals surface area contributed by atoms with E-state index in [0.717, 1.165) is 0 Å². The number of aromatic nitrogens is 1. The second-order valence-corrected chi connectivity index (χ2v) is 3.44. The van der Waals surface area contributed by atoms with E-state index < -0.39 is 10.6 Å². The van der Waals surface area contributed by atoms with Crippen molar-refractivity contribution in [3.8, 4) is 0 Å². The molecule has 0 saturated heterocycles. The van der Waals surface area contributed by atoms with Crippen LogP contribution in [0.25, 0.3) is 0 Å². The van der Waals surface area contributed by atoms with Crippen molar-refractivity contribution in [2.45, 2.75) is 6.92 Å². The van der Waals surface area contributed by atoms with Crippen LogP contribution in [0.15, 0.2) is 22.7 Å². The molecule has 59 valence electrons. The number of hydrogen-bond donors (Lipinski definition) is 1. The van der Waals surface area contributed by atoms with Crippen molar-refractivity contribution < 1.29 is 4.21 Å². The standard InChI is InChI=1S/C7H9N2OS/c1-2-11(10)9-7-4-3-5-8-6-7/h3-5,11H,2H2,1H3. The topological polar surface area (TPSA) is 42.3 Å². The third-order valence-corrected chi connectivity index (χ3v) is 2.06. The summed E-state index contributed by atoms with van der Waals surface area (Å²) < 4.78 is 14.8. The van der Waals surface area contributed by atoms with Gasteiger partial charge < -0.3 is 0 Å². The van der Waals surface area contributed by atoms with Gasteiger partial charge >= 0.3 is 0 Å². The Morgan fingerprint density at radius 2 is 2.64 bits per heavy atom. The number of thiol groups is 1. The molecule has 0 aliphatic rings. The normalized spacial score (nSPS) is 13.2. The predicted octanol–water partition coefficient (Wildman–Crippen LogP) is 1.20. The van der Waals surface area contributed by atoms with Crippen LogP contribution in [0.2, 0.25) is 0 Å². The minimum Gasteiger partial charge on any atom is -0.252 e. The fourth-order valence-corrected chi connectivity index (χ4v) is 1.06. The van der Waals surface area contributed by atoms with Crippen LogP contribution in [0.5, 0.6) is 0 Å². The van der Waals surface area contributed by atoms with Gasteiger partial charge in [-0.1, -0.05) is 6.92 Å². The van der Waals surface area contributed by atoms with E-state index in [2.05, 4.69) is 15.5 Å². The van der Waals surface area contributed by atoms with E-state index in [4.69, 9.17) is 0 Å². The summed E-state index contributed by atoms with van der Waals surface area (Å²) in [6.45, 7) is 1.83. The van der Waals surface area contributed by atoms with Crippen LogP contribution in [-0.4, -0.2) is 14.9 Å². The Morgan fingerprint density at radius 1 is 1.82 bits per heavy atom. The van der Waals surface area contributed by atoms with Crippen LogP contribution in [0.1, 0.15) is 6.92 Å². The molecule has 1 atom stereocenters. The molecule has 1 heterocycles. The molecule has 1 aromatic rings. The molecule has 0 fully saturated rings. The van der Waals surface area contributed by atoms with Crippen molar-refractivity contribution in [3.63, 3.8) is 0 Å². The van der Waals surface area contributed by atoms with Crippen LogP contribution in [-0.2, 0) is 10.6 Å². The van der Waals surface area contributed by atoms with Gasteiger partial charge in [0.2, 0.25) is 0 Å². The van der Waals surface area contributed by atoms with Crippen LogP contribution < -0.4 is 0 Å². The van der Waals surface area contributed by atoms with Gasteiger partial charge in [0.1, 0.15) is 11.9 Å². The Labute approximate surface area is 67.7 Å². The summed E-state index contributed by atoms with van der Waals surface area (Å²) in [5, 5.41) is 0. The van der Waals surface area contributed by atoms with E-state index >= 15 is 0 Å². The number of nitrogens with zero attached hydrogens (tertiary/aromatic N) is 2. The molecule has 1 aromatic heterocycles. The largest absolute Gasteiger partial charge is 0.252 e. The minimum atomic E-state index is -1.45. The zero-order chi connectivity index (χ0) is 8.10. The molecule has 0 saturated carbocycles. The maximum Gasteiger partial charge on any atom is 0.117 e. The van der Waals surface area contributed by atoms with Crippen LogP contribution in [0.4, 0.5) is 5.69 Å². The van der Waals surface area contributed by atoms with Crippen molar-refractivity contribution in [1.82, 2.24) is 4.98 Å². The first-order valence-corrected chi connectivity index (χ1v) is 4.71. The molecule has 4 heteroatoms. The van der Waals surface area contributed by atoms with Crippen molar-refractivity contribution in [3.05, 3.63) is 24.5 Å². The molecular formula is C7H9N2OS. The lowest BCUT2D eigenvalue weighted by Crippen LogP contribution is -1.77. The number of pyridine rings is 1. The van der Waals surface area contributed by atoms with E-state index in [1.807, 2.05) is 6.92 Å². The highest BCUT2D eigenvalue weighted by molar-refractivity contribution is 7.75. The van der Waals surface area contributed by atoms with Crippen molar-refractivity contribution in [2.24, 2.45) is 4.36 Å². The lowest BCUT2D eigenvalue weighted by molar-refractivity contribution is 0.689. The van der Waals surface area contributed by atoms with Crippen LogP contribution in [0, 0.1) is 6.20 Å². The predicted molar refractivity (Wildman–Crippen MR) is 45.2 cm³/mol. The molecule has 1 unspecified atom stereocenters. The summed E-state index contributed by atoms with van der Waals surface area (Å²) in [6.07, 6.45) is 4.24. The van der Waals surface area contributed by atoms with Gasteiger partial charge in [0.05, 0.1) is 0 Å². The van der Waals surface area contributed by atoms with Gasteiger partial charge in [0, 0.05) is 22.5 Å². The van der Waals surface area contributed by atoms with E-state index in [1.165, 1.54) is 0 Å². The molecule has 1 rings (SSSR count). The lowest BCUT2D eigenvalue weighted by Gasteiger charge is -1.87. The highest BCUT2D eigenvalue weighted by atomic mass is 32.2. The second kappa shape index (κ2) is 4.08. The first kappa shape index (κ1) is 8.20. The quantitative estimate of drug-likeness (QED) is 0.676. The molecule has 0 amide bonds. The average molecular weight is 169 g/mol. The first-order valence-electron chi connectivity index (χ1n) is 3.32. The third-order valence-electron chi connectivity index (χ3n) is 1.08. The summed E-state index contributed by atoms with van der Waals surface area (Å²) in [5.74, 6) is 0.568. The maximum absolute atomic E-state index is 10.9. The monoisotopic (exact) mass is 169 g/mol. The Balaban J connectivity index is 2.88. The highest BCUT2D eigenvalue weighted by Gasteiger charge is 1.86. The summed E-state index contributed by atoms with van der Waals surface area (Å²) in [6, 6.07) is 3.48.